The van der Waals surface area contributed by atoms with Gasteiger partial charge in [0.2, 0.25) is 0 Å². The Morgan fingerprint density at radius 2 is 2.00 bits per heavy atom. The highest BCUT2D eigenvalue weighted by molar-refractivity contribution is 6.30. The van der Waals surface area contributed by atoms with Crippen molar-refractivity contribution in [1.29, 1.82) is 0 Å². The van der Waals surface area contributed by atoms with Gasteiger partial charge in [0.15, 0.2) is 0 Å². The number of rotatable bonds is 6. The predicted molar refractivity (Wildman–Crippen MR) is 119 cm³/mol. The van der Waals surface area contributed by atoms with Gasteiger partial charge in [-0.15, -0.1) is 24.8 Å². The molecule has 1 atom stereocenters. The third-order valence-corrected chi connectivity index (χ3v) is 4.76. The molecule has 10 heteroatoms. The molecular formula is C19H24Cl3N5O2. The zero-order valence-electron chi connectivity index (χ0n) is 15.6. The largest absolute Gasteiger partial charge is 0.362 e. The summed E-state index contributed by atoms with van der Waals surface area (Å²) in [5.74, 6) is 0.0608. The Kier molecular flexibility index (Phi) is 10.4. The monoisotopic (exact) mass is 459 g/mol. The molecule has 1 aliphatic heterocycles. The molecule has 0 unspecified atom stereocenters. The van der Waals surface area contributed by atoms with Crippen LogP contribution in [-0.2, 0) is 11.2 Å². The van der Waals surface area contributed by atoms with E-state index >= 15 is 0 Å². The highest BCUT2D eigenvalue weighted by atomic mass is 35.5. The number of hydrogen-bond donors (Lipinski definition) is 4. The number of hydroxylamine groups is 1. The van der Waals surface area contributed by atoms with E-state index in [1.165, 1.54) is 23.2 Å². The molecule has 0 aliphatic carbocycles. The highest BCUT2D eigenvalue weighted by Gasteiger charge is 2.32. The molecule has 1 fully saturated rings. The van der Waals surface area contributed by atoms with Crippen LogP contribution in [0.15, 0.2) is 42.7 Å². The Bertz CT molecular complexity index is 794. The zero-order valence-corrected chi connectivity index (χ0v) is 18.0. The molecule has 2 heterocycles. The fraction of sp³-hybridized carbons (Fsp3) is 0.316. The van der Waals surface area contributed by atoms with Gasteiger partial charge in [0.1, 0.15) is 5.82 Å². The number of carbonyl (C=O) groups excluding carboxylic acids is 1. The molecule has 1 saturated heterocycles. The Hall–Kier alpha value is -1.90. The Labute approximate surface area is 187 Å². The molecule has 1 aliphatic rings. The second kappa shape index (κ2) is 11.9. The number of halogens is 3. The summed E-state index contributed by atoms with van der Waals surface area (Å²) in [5, 5.41) is 16.2. The summed E-state index contributed by atoms with van der Waals surface area (Å²) < 4.78 is 0. The van der Waals surface area contributed by atoms with E-state index < -0.39 is 5.91 Å². The van der Waals surface area contributed by atoms with Gasteiger partial charge in [0, 0.05) is 17.6 Å². The molecule has 158 valence electrons. The van der Waals surface area contributed by atoms with E-state index in [0.29, 0.717) is 11.5 Å². The van der Waals surface area contributed by atoms with Crippen LogP contribution in [0.3, 0.4) is 0 Å². The summed E-state index contributed by atoms with van der Waals surface area (Å²) in [6, 6.07) is 7.91. The Balaban J connectivity index is 0.00000210. The van der Waals surface area contributed by atoms with Gasteiger partial charge in [-0.3, -0.25) is 15.0 Å². The molecular weight excluding hydrogens is 437 g/mol. The van der Waals surface area contributed by atoms with Crippen molar-refractivity contribution in [2.24, 2.45) is 0 Å². The lowest BCUT2D eigenvalue weighted by atomic mass is 9.84. The van der Waals surface area contributed by atoms with Crippen molar-refractivity contribution >= 4 is 54.2 Å². The third-order valence-electron chi connectivity index (χ3n) is 4.51. The van der Waals surface area contributed by atoms with Crippen molar-refractivity contribution < 1.29 is 10.0 Å². The van der Waals surface area contributed by atoms with Crippen molar-refractivity contribution in [2.75, 3.05) is 18.4 Å². The Morgan fingerprint density at radius 1 is 1.24 bits per heavy atom. The molecule has 1 amide bonds. The van der Waals surface area contributed by atoms with Crippen LogP contribution in [0.5, 0.6) is 0 Å². The number of piperidine rings is 1. The average Bonchev–Trinajstić information content (AvgIpc) is 2.69. The Morgan fingerprint density at radius 3 is 2.59 bits per heavy atom. The first kappa shape index (κ1) is 25.1. The normalized spacial score (nSPS) is 18.4. The van der Waals surface area contributed by atoms with Crippen molar-refractivity contribution in [3.63, 3.8) is 0 Å². The van der Waals surface area contributed by atoms with E-state index in [0.717, 1.165) is 37.4 Å². The minimum Gasteiger partial charge on any atom is -0.362 e. The van der Waals surface area contributed by atoms with Gasteiger partial charge in [-0.25, -0.2) is 10.5 Å². The lowest BCUT2D eigenvalue weighted by Gasteiger charge is -2.39. The molecule has 4 N–H and O–H groups in total. The minimum absolute atomic E-state index is 0. The topological polar surface area (TPSA) is 99.2 Å². The zero-order chi connectivity index (χ0) is 19.1. The molecule has 0 spiro atoms. The van der Waals surface area contributed by atoms with Gasteiger partial charge in [-0.05, 0) is 49.6 Å². The SMILES string of the molecule is Cl.Cl.O=C(/C=C/c1cnc(N[C@@]2(Cc3ccc(Cl)cc3)CCCNC2)cn1)NO. The number of amides is 1. The van der Waals surface area contributed by atoms with Crippen LogP contribution in [0.2, 0.25) is 5.02 Å². The summed E-state index contributed by atoms with van der Waals surface area (Å²) >= 11 is 6.00. The molecule has 0 saturated carbocycles. The van der Waals surface area contributed by atoms with Gasteiger partial charge >= 0.3 is 0 Å². The summed E-state index contributed by atoms with van der Waals surface area (Å²) in [7, 11) is 0. The molecule has 3 rings (SSSR count). The lowest BCUT2D eigenvalue weighted by molar-refractivity contribution is -0.124. The van der Waals surface area contributed by atoms with Crippen molar-refractivity contribution in [2.45, 2.75) is 24.8 Å². The van der Waals surface area contributed by atoms with Crippen molar-refractivity contribution in [1.82, 2.24) is 20.8 Å². The van der Waals surface area contributed by atoms with Gasteiger partial charge in [-0.2, -0.15) is 0 Å². The fourth-order valence-corrected chi connectivity index (χ4v) is 3.35. The van der Waals surface area contributed by atoms with Crippen LogP contribution in [-0.4, -0.2) is 39.7 Å². The number of benzene rings is 1. The van der Waals surface area contributed by atoms with Gasteiger partial charge in [0.05, 0.1) is 23.6 Å². The number of anilines is 1. The van der Waals surface area contributed by atoms with E-state index in [-0.39, 0.29) is 30.4 Å². The van der Waals surface area contributed by atoms with Gasteiger partial charge < -0.3 is 10.6 Å². The molecule has 29 heavy (non-hydrogen) atoms. The maximum Gasteiger partial charge on any atom is 0.267 e. The maximum absolute atomic E-state index is 11.0. The standard InChI is InChI=1S/C19H22ClN5O2.2ClH/c20-15-4-2-14(3-5-15)10-19(8-1-9-21-13-19)24-17-12-22-16(11-23-17)6-7-18(26)25-27;;/h2-7,11-12,21,27H,1,8-10,13H2,(H,23,24)(H,25,26);2*1H/b7-6+;;/t19-;;/m1../s1. The van der Waals surface area contributed by atoms with E-state index in [2.05, 4.69) is 20.6 Å². The first-order valence-corrected chi connectivity index (χ1v) is 9.14. The van der Waals surface area contributed by atoms with E-state index in [9.17, 15) is 4.79 Å². The lowest BCUT2D eigenvalue weighted by Crippen LogP contribution is -2.53. The summed E-state index contributed by atoms with van der Waals surface area (Å²) in [6.45, 7) is 1.84. The maximum atomic E-state index is 11.0. The molecule has 0 radical (unpaired) electrons. The second-order valence-electron chi connectivity index (χ2n) is 6.62. The third kappa shape index (κ3) is 7.45. The minimum atomic E-state index is -0.616. The highest BCUT2D eigenvalue weighted by Crippen LogP contribution is 2.26. The number of carbonyl (C=O) groups is 1. The van der Waals surface area contributed by atoms with Crippen LogP contribution >= 0.6 is 36.4 Å². The smallest absolute Gasteiger partial charge is 0.267 e. The molecule has 1 aromatic carbocycles. The van der Waals surface area contributed by atoms with Crippen LogP contribution in [0.1, 0.15) is 24.1 Å². The number of nitrogens with one attached hydrogen (secondary N) is 3. The summed E-state index contributed by atoms with van der Waals surface area (Å²) in [6.07, 6.45) is 8.83. The summed E-state index contributed by atoms with van der Waals surface area (Å²) in [4.78, 5) is 19.7. The van der Waals surface area contributed by atoms with Crippen LogP contribution in [0.25, 0.3) is 6.08 Å². The predicted octanol–water partition coefficient (Wildman–Crippen LogP) is 3.27. The van der Waals surface area contributed by atoms with Crippen molar-refractivity contribution in [3.8, 4) is 0 Å². The molecule has 1 aromatic heterocycles. The molecule has 7 nitrogen and oxygen atoms in total. The van der Waals surface area contributed by atoms with Crippen LogP contribution in [0.4, 0.5) is 5.82 Å². The van der Waals surface area contributed by atoms with E-state index in [1.54, 1.807) is 12.4 Å². The number of aromatic nitrogens is 2. The van der Waals surface area contributed by atoms with Crippen LogP contribution in [0, 0.1) is 0 Å². The first-order valence-electron chi connectivity index (χ1n) is 8.76. The number of hydrogen-bond acceptors (Lipinski definition) is 6. The van der Waals surface area contributed by atoms with E-state index in [4.69, 9.17) is 16.8 Å². The van der Waals surface area contributed by atoms with Gasteiger partial charge in [0.25, 0.3) is 5.91 Å². The van der Waals surface area contributed by atoms with E-state index in [1.807, 2.05) is 24.3 Å². The summed E-state index contributed by atoms with van der Waals surface area (Å²) in [5.41, 5.74) is 3.11. The van der Waals surface area contributed by atoms with Gasteiger partial charge in [-0.1, -0.05) is 23.7 Å². The average molecular weight is 461 g/mol. The van der Waals surface area contributed by atoms with Crippen molar-refractivity contribution in [3.05, 3.63) is 59.0 Å². The molecule has 2 aromatic rings. The second-order valence-corrected chi connectivity index (χ2v) is 7.06. The number of nitrogens with zero attached hydrogens (tertiary/aromatic N) is 2. The molecule has 0 bridgehead atoms. The van der Waals surface area contributed by atoms with Crippen LogP contribution < -0.4 is 16.1 Å². The first-order chi connectivity index (χ1) is 13.1. The fourth-order valence-electron chi connectivity index (χ4n) is 3.22. The quantitative estimate of drug-likeness (QED) is 0.300.